The molecule has 2 aromatic carbocycles. The maximum absolute atomic E-state index is 13.3. The highest BCUT2D eigenvalue weighted by atomic mass is 35.5. The van der Waals surface area contributed by atoms with Gasteiger partial charge in [-0.1, -0.05) is 29.8 Å². The van der Waals surface area contributed by atoms with Crippen LogP contribution in [0.2, 0.25) is 5.02 Å². The normalized spacial score (nSPS) is 15.0. The van der Waals surface area contributed by atoms with Gasteiger partial charge in [0, 0.05) is 55.5 Å². The molecule has 1 aromatic heterocycles. The molecule has 152 valence electrons. The molecular weight excluding hydrogens is 388 g/mol. The smallest absolute Gasteiger partial charge is 0.270 e. The first-order valence-electron chi connectivity index (χ1n) is 9.94. The fourth-order valence-corrected chi connectivity index (χ4v) is 3.98. The number of halogens is 1. The fourth-order valence-electron chi connectivity index (χ4n) is 3.86. The largest absolute Gasteiger partial charge is 0.490 e. The van der Waals surface area contributed by atoms with Crippen LogP contribution in [0.4, 0.5) is 0 Å². The molecule has 0 aliphatic carbocycles. The molecule has 0 N–H and O–H groups in total. The third-order valence-electron chi connectivity index (χ3n) is 5.39. The first-order valence-corrected chi connectivity index (χ1v) is 10.3. The van der Waals surface area contributed by atoms with Gasteiger partial charge in [-0.05, 0) is 36.4 Å². The van der Waals surface area contributed by atoms with Gasteiger partial charge in [0.15, 0.2) is 0 Å². The van der Waals surface area contributed by atoms with E-state index in [2.05, 4.69) is 4.57 Å². The molecule has 0 bridgehead atoms. The lowest BCUT2D eigenvalue weighted by Crippen LogP contribution is -2.42. The predicted molar refractivity (Wildman–Crippen MR) is 115 cm³/mol. The van der Waals surface area contributed by atoms with Crippen molar-refractivity contribution in [2.24, 2.45) is 0 Å². The summed E-state index contributed by atoms with van der Waals surface area (Å²) < 4.78 is 13.4. The zero-order chi connectivity index (χ0) is 20.2. The number of hydrogen-bond donors (Lipinski definition) is 0. The van der Waals surface area contributed by atoms with Gasteiger partial charge in [0.05, 0.1) is 6.61 Å². The van der Waals surface area contributed by atoms with Crippen molar-refractivity contribution in [2.45, 2.75) is 25.5 Å². The van der Waals surface area contributed by atoms with E-state index in [1.807, 2.05) is 59.5 Å². The molecule has 0 atom stereocenters. The van der Waals surface area contributed by atoms with Crippen molar-refractivity contribution in [1.29, 1.82) is 0 Å². The molecule has 5 nitrogen and oxygen atoms in total. The summed E-state index contributed by atoms with van der Waals surface area (Å²) in [5, 5.41) is 1.77. The Bertz CT molecular complexity index is 975. The monoisotopic (exact) mass is 412 g/mol. The summed E-state index contributed by atoms with van der Waals surface area (Å²) in [5.41, 5.74) is 1.79. The van der Waals surface area contributed by atoms with Crippen LogP contribution < -0.4 is 4.74 Å². The third-order valence-corrected chi connectivity index (χ3v) is 5.65. The number of carbonyl (C=O) groups excluding carboxylic acids is 1. The number of amides is 1. The highest BCUT2D eigenvalue weighted by molar-refractivity contribution is 6.30. The van der Waals surface area contributed by atoms with Gasteiger partial charge in [-0.3, -0.25) is 4.79 Å². The Morgan fingerprint density at radius 1 is 1.10 bits per heavy atom. The van der Waals surface area contributed by atoms with E-state index in [4.69, 9.17) is 21.1 Å². The number of fused-ring (bicyclic) bond motifs is 1. The van der Waals surface area contributed by atoms with E-state index in [1.54, 1.807) is 7.11 Å². The van der Waals surface area contributed by atoms with Crippen LogP contribution >= 0.6 is 11.6 Å². The summed E-state index contributed by atoms with van der Waals surface area (Å²) in [4.78, 5) is 15.2. The summed E-state index contributed by atoms with van der Waals surface area (Å²) >= 11 is 5.93. The van der Waals surface area contributed by atoms with Crippen LogP contribution in [0.3, 0.4) is 0 Å². The van der Waals surface area contributed by atoms with Crippen molar-refractivity contribution in [2.75, 3.05) is 26.8 Å². The van der Waals surface area contributed by atoms with Gasteiger partial charge in [-0.2, -0.15) is 0 Å². The molecule has 6 heteroatoms. The average Bonchev–Trinajstić information content (AvgIpc) is 3.12. The zero-order valence-electron chi connectivity index (χ0n) is 16.5. The van der Waals surface area contributed by atoms with Crippen LogP contribution in [0.25, 0.3) is 10.9 Å². The lowest BCUT2D eigenvalue weighted by Gasteiger charge is -2.32. The quantitative estimate of drug-likeness (QED) is 0.593. The van der Waals surface area contributed by atoms with Crippen molar-refractivity contribution >= 4 is 28.4 Å². The standard InChI is InChI=1S/C23H25ClN2O3/c1-28-15-14-26-21-5-3-2-4-17(21)16-22(26)23(27)25-12-10-20(11-13-25)29-19-8-6-18(24)7-9-19/h2-9,16,20H,10-15H2,1H3. The minimum Gasteiger partial charge on any atom is -0.490 e. The molecule has 0 saturated carbocycles. The Morgan fingerprint density at radius 2 is 1.83 bits per heavy atom. The molecule has 3 aromatic rings. The van der Waals surface area contributed by atoms with Gasteiger partial charge < -0.3 is 18.9 Å². The number of likely N-dealkylation sites (tertiary alicyclic amines) is 1. The number of ether oxygens (including phenoxy) is 2. The van der Waals surface area contributed by atoms with Gasteiger partial charge >= 0.3 is 0 Å². The SMILES string of the molecule is COCCn1c(C(=O)N2CCC(Oc3ccc(Cl)cc3)CC2)cc2ccccc21. The molecule has 4 rings (SSSR count). The molecule has 1 aliphatic rings. The second-order valence-corrected chi connectivity index (χ2v) is 7.73. The Morgan fingerprint density at radius 3 is 2.55 bits per heavy atom. The van der Waals surface area contributed by atoms with Gasteiger partial charge in [-0.25, -0.2) is 0 Å². The number of aromatic nitrogens is 1. The summed E-state index contributed by atoms with van der Waals surface area (Å²) in [6, 6.07) is 17.5. The first kappa shape index (κ1) is 19.8. The van der Waals surface area contributed by atoms with Crippen molar-refractivity contribution in [3.05, 3.63) is 65.3 Å². The maximum atomic E-state index is 13.3. The lowest BCUT2D eigenvalue weighted by molar-refractivity contribution is 0.0584. The number of carbonyl (C=O) groups is 1. The molecule has 29 heavy (non-hydrogen) atoms. The predicted octanol–water partition coefficient (Wildman–Crippen LogP) is 4.62. The Labute approximate surface area is 175 Å². The number of benzene rings is 2. The lowest BCUT2D eigenvalue weighted by atomic mass is 10.1. The van der Waals surface area contributed by atoms with Crippen LogP contribution in [0.15, 0.2) is 54.6 Å². The van der Waals surface area contributed by atoms with E-state index >= 15 is 0 Å². The minimum absolute atomic E-state index is 0.0715. The highest BCUT2D eigenvalue weighted by Gasteiger charge is 2.27. The highest BCUT2D eigenvalue weighted by Crippen LogP contribution is 2.24. The van der Waals surface area contributed by atoms with E-state index in [1.165, 1.54) is 0 Å². The van der Waals surface area contributed by atoms with Gasteiger partial charge in [0.1, 0.15) is 17.5 Å². The maximum Gasteiger partial charge on any atom is 0.270 e. The topological polar surface area (TPSA) is 43.7 Å². The van der Waals surface area contributed by atoms with E-state index < -0.39 is 0 Å². The summed E-state index contributed by atoms with van der Waals surface area (Å²) in [5.74, 6) is 0.890. The number of rotatable bonds is 6. The Kier molecular flexibility index (Phi) is 6.07. The van der Waals surface area contributed by atoms with Crippen LogP contribution in [-0.4, -0.2) is 48.3 Å². The molecular formula is C23H25ClN2O3. The van der Waals surface area contributed by atoms with Crippen molar-refractivity contribution in [3.8, 4) is 5.75 Å². The van der Waals surface area contributed by atoms with Crippen molar-refractivity contribution < 1.29 is 14.3 Å². The second-order valence-electron chi connectivity index (χ2n) is 7.30. The van der Waals surface area contributed by atoms with E-state index in [0.29, 0.717) is 31.3 Å². The third kappa shape index (κ3) is 4.41. The fraction of sp³-hybridized carbons (Fsp3) is 0.348. The molecule has 0 radical (unpaired) electrons. The Hall–Kier alpha value is -2.50. The van der Waals surface area contributed by atoms with E-state index in [0.717, 1.165) is 35.2 Å². The molecule has 1 fully saturated rings. The number of piperidine rings is 1. The zero-order valence-corrected chi connectivity index (χ0v) is 17.3. The van der Waals surface area contributed by atoms with Gasteiger partial charge in [0.2, 0.25) is 0 Å². The molecule has 0 spiro atoms. The molecule has 1 saturated heterocycles. The van der Waals surface area contributed by atoms with E-state index in [9.17, 15) is 4.79 Å². The number of methoxy groups -OCH3 is 1. The molecule has 1 aliphatic heterocycles. The average molecular weight is 413 g/mol. The van der Waals surface area contributed by atoms with Gasteiger partial charge in [-0.15, -0.1) is 0 Å². The molecule has 0 unspecified atom stereocenters. The summed E-state index contributed by atoms with van der Waals surface area (Å²) in [6.07, 6.45) is 1.74. The number of hydrogen-bond acceptors (Lipinski definition) is 3. The minimum atomic E-state index is 0.0715. The molecule has 1 amide bonds. The van der Waals surface area contributed by atoms with Crippen LogP contribution in [0.1, 0.15) is 23.3 Å². The summed E-state index contributed by atoms with van der Waals surface area (Å²) in [7, 11) is 1.68. The first-order chi connectivity index (χ1) is 14.2. The van der Waals surface area contributed by atoms with E-state index in [-0.39, 0.29) is 12.0 Å². The molecule has 2 heterocycles. The van der Waals surface area contributed by atoms with Crippen LogP contribution in [0, 0.1) is 0 Å². The van der Waals surface area contributed by atoms with Crippen LogP contribution in [0.5, 0.6) is 5.75 Å². The second kappa shape index (κ2) is 8.89. The van der Waals surface area contributed by atoms with Crippen molar-refractivity contribution in [1.82, 2.24) is 9.47 Å². The van der Waals surface area contributed by atoms with Gasteiger partial charge in [0.25, 0.3) is 5.91 Å². The number of nitrogens with zero attached hydrogens (tertiary/aromatic N) is 2. The summed E-state index contributed by atoms with van der Waals surface area (Å²) in [6.45, 7) is 2.59. The van der Waals surface area contributed by atoms with Crippen LogP contribution in [-0.2, 0) is 11.3 Å². The number of para-hydroxylation sites is 1. The Balaban J connectivity index is 1.45. The van der Waals surface area contributed by atoms with Crippen molar-refractivity contribution in [3.63, 3.8) is 0 Å².